The van der Waals surface area contributed by atoms with E-state index in [-0.39, 0.29) is 0 Å². The summed E-state index contributed by atoms with van der Waals surface area (Å²) < 4.78 is 2.33. The van der Waals surface area contributed by atoms with E-state index in [1.807, 2.05) is 0 Å². The first kappa shape index (κ1) is 13.8. The van der Waals surface area contributed by atoms with E-state index >= 15 is 0 Å². The SMILES string of the molecule is Cc1cn2c(n1)C(CNCc1sc(C)nc1C)CCC2. The Hall–Kier alpha value is -1.20. The van der Waals surface area contributed by atoms with Gasteiger partial charge in [-0.15, -0.1) is 11.3 Å². The Kier molecular flexibility index (Phi) is 3.89. The first-order valence-corrected chi connectivity index (χ1v) is 8.12. The van der Waals surface area contributed by atoms with Gasteiger partial charge in [0.1, 0.15) is 5.82 Å². The van der Waals surface area contributed by atoms with E-state index in [1.54, 1.807) is 11.3 Å². The third kappa shape index (κ3) is 2.79. The number of hydrogen-bond donors (Lipinski definition) is 1. The van der Waals surface area contributed by atoms with Gasteiger partial charge in [0.15, 0.2) is 0 Å². The molecule has 4 nitrogen and oxygen atoms in total. The molecule has 1 aliphatic heterocycles. The van der Waals surface area contributed by atoms with Gasteiger partial charge in [-0.1, -0.05) is 0 Å². The molecule has 5 heteroatoms. The molecule has 1 aliphatic rings. The maximum absolute atomic E-state index is 4.69. The van der Waals surface area contributed by atoms with Gasteiger partial charge in [-0.05, 0) is 33.6 Å². The Morgan fingerprint density at radius 2 is 2.20 bits per heavy atom. The molecule has 0 aliphatic carbocycles. The van der Waals surface area contributed by atoms with Crippen molar-refractivity contribution in [1.29, 1.82) is 0 Å². The average molecular weight is 290 g/mol. The van der Waals surface area contributed by atoms with E-state index < -0.39 is 0 Å². The summed E-state index contributed by atoms with van der Waals surface area (Å²) in [5.74, 6) is 1.81. The largest absolute Gasteiger partial charge is 0.334 e. The van der Waals surface area contributed by atoms with Crippen molar-refractivity contribution in [3.8, 4) is 0 Å². The zero-order chi connectivity index (χ0) is 14.1. The van der Waals surface area contributed by atoms with Crippen LogP contribution in [0.2, 0.25) is 0 Å². The van der Waals surface area contributed by atoms with Crippen molar-refractivity contribution in [2.24, 2.45) is 0 Å². The van der Waals surface area contributed by atoms with Crippen LogP contribution in [0.3, 0.4) is 0 Å². The van der Waals surface area contributed by atoms with Gasteiger partial charge in [-0.3, -0.25) is 0 Å². The molecule has 0 bridgehead atoms. The quantitative estimate of drug-likeness (QED) is 0.941. The predicted octanol–water partition coefficient (Wildman–Crippen LogP) is 2.93. The lowest BCUT2D eigenvalue weighted by Crippen LogP contribution is -2.26. The number of thiazole rings is 1. The molecule has 0 saturated heterocycles. The maximum atomic E-state index is 4.69. The van der Waals surface area contributed by atoms with Crippen LogP contribution in [0.15, 0.2) is 6.20 Å². The molecule has 0 radical (unpaired) electrons. The van der Waals surface area contributed by atoms with Gasteiger partial charge in [0.05, 0.1) is 16.4 Å². The van der Waals surface area contributed by atoms with Crippen LogP contribution in [-0.2, 0) is 13.1 Å². The van der Waals surface area contributed by atoms with Crippen molar-refractivity contribution in [3.05, 3.63) is 33.3 Å². The highest BCUT2D eigenvalue weighted by atomic mass is 32.1. The van der Waals surface area contributed by atoms with Crippen molar-refractivity contribution in [2.45, 2.75) is 52.6 Å². The Balaban J connectivity index is 1.61. The number of fused-ring (bicyclic) bond motifs is 1. The van der Waals surface area contributed by atoms with Crippen LogP contribution in [0.4, 0.5) is 0 Å². The Morgan fingerprint density at radius 3 is 2.95 bits per heavy atom. The van der Waals surface area contributed by atoms with Gasteiger partial charge in [-0.2, -0.15) is 0 Å². The van der Waals surface area contributed by atoms with Crippen LogP contribution in [0.5, 0.6) is 0 Å². The van der Waals surface area contributed by atoms with E-state index in [9.17, 15) is 0 Å². The van der Waals surface area contributed by atoms with Crippen LogP contribution in [0.25, 0.3) is 0 Å². The van der Waals surface area contributed by atoms with Gasteiger partial charge in [0.2, 0.25) is 0 Å². The van der Waals surface area contributed by atoms with Gasteiger partial charge >= 0.3 is 0 Å². The zero-order valence-corrected chi connectivity index (χ0v) is 13.3. The summed E-state index contributed by atoms with van der Waals surface area (Å²) in [6.45, 7) is 9.30. The van der Waals surface area contributed by atoms with Crippen LogP contribution >= 0.6 is 11.3 Å². The summed E-state index contributed by atoms with van der Waals surface area (Å²) in [7, 11) is 0. The monoisotopic (exact) mass is 290 g/mol. The summed E-state index contributed by atoms with van der Waals surface area (Å²) in [4.78, 5) is 10.5. The highest BCUT2D eigenvalue weighted by molar-refractivity contribution is 7.11. The minimum absolute atomic E-state index is 0.548. The molecular weight excluding hydrogens is 268 g/mol. The van der Waals surface area contributed by atoms with E-state index in [0.29, 0.717) is 5.92 Å². The number of aryl methyl sites for hydroxylation is 4. The fourth-order valence-corrected chi connectivity index (χ4v) is 3.90. The first-order valence-electron chi connectivity index (χ1n) is 7.31. The molecule has 3 rings (SSSR count). The lowest BCUT2D eigenvalue weighted by molar-refractivity contribution is 0.423. The van der Waals surface area contributed by atoms with Crippen molar-refractivity contribution in [2.75, 3.05) is 6.54 Å². The van der Waals surface area contributed by atoms with Gasteiger partial charge in [0, 0.05) is 36.6 Å². The molecule has 108 valence electrons. The standard InChI is InChI=1S/C15H22N4S/c1-10-9-19-6-4-5-13(15(19)17-10)7-16-8-14-11(2)18-12(3)20-14/h9,13,16H,4-8H2,1-3H3. The molecule has 0 amide bonds. The zero-order valence-electron chi connectivity index (χ0n) is 12.4. The summed E-state index contributed by atoms with van der Waals surface area (Å²) in [5, 5.41) is 4.75. The normalized spacial score (nSPS) is 18.2. The van der Waals surface area contributed by atoms with Crippen molar-refractivity contribution in [1.82, 2.24) is 19.9 Å². The molecule has 0 spiro atoms. The minimum atomic E-state index is 0.548. The fraction of sp³-hybridized carbons (Fsp3) is 0.600. The summed E-state index contributed by atoms with van der Waals surface area (Å²) in [6, 6.07) is 0. The Labute approximate surface area is 124 Å². The van der Waals surface area contributed by atoms with E-state index in [4.69, 9.17) is 4.98 Å². The molecule has 1 atom stereocenters. The molecule has 0 fully saturated rings. The summed E-state index contributed by atoms with van der Waals surface area (Å²) in [5.41, 5.74) is 2.31. The summed E-state index contributed by atoms with van der Waals surface area (Å²) in [6.07, 6.45) is 4.68. The second kappa shape index (κ2) is 5.66. The molecule has 1 unspecified atom stereocenters. The predicted molar refractivity (Wildman–Crippen MR) is 82.2 cm³/mol. The highest BCUT2D eigenvalue weighted by Gasteiger charge is 2.22. The Bertz CT molecular complexity index is 599. The molecule has 1 N–H and O–H groups in total. The fourth-order valence-electron chi connectivity index (χ4n) is 3.00. The topological polar surface area (TPSA) is 42.7 Å². The molecule has 0 aromatic carbocycles. The second-order valence-corrected chi connectivity index (χ2v) is 6.93. The molecular formula is C15H22N4S. The average Bonchev–Trinajstić information content (AvgIpc) is 2.92. The molecule has 2 aromatic rings. The van der Waals surface area contributed by atoms with Crippen LogP contribution in [-0.4, -0.2) is 21.1 Å². The lowest BCUT2D eigenvalue weighted by Gasteiger charge is -2.23. The first-order chi connectivity index (χ1) is 9.63. The van der Waals surface area contributed by atoms with Crippen molar-refractivity contribution < 1.29 is 0 Å². The molecule has 3 heterocycles. The van der Waals surface area contributed by atoms with E-state index in [1.165, 1.54) is 29.2 Å². The number of aromatic nitrogens is 3. The van der Waals surface area contributed by atoms with Crippen LogP contribution in [0, 0.1) is 20.8 Å². The van der Waals surface area contributed by atoms with Crippen LogP contribution < -0.4 is 5.32 Å². The number of nitrogens with zero attached hydrogens (tertiary/aromatic N) is 3. The van der Waals surface area contributed by atoms with Crippen LogP contribution in [0.1, 0.15) is 45.9 Å². The minimum Gasteiger partial charge on any atom is -0.334 e. The molecule has 0 saturated carbocycles. The van der Waals surface area contributed by atoms with Gasteiger partial charge in [-0.25, -0.2) is 9.97 Å². The van der Waals surface area contributed by atoms with Gasteiger partial charge in [0.25, 0.3) is 0 Å². The molecule has 2 aromatic heterocycles. The smallest absolute Gasteiger partial charge is 0.113 e. The Morgan fingerprint density at radius 1 is 1.35 bits per heavy atom. The second-order valence-electron chi connectivity index (χ2n) is 5.65. The van der Waals surface area contributed by atoms with Gasteiger partial charge < -0.3 is 9.88 Å². The lowest BCUT2D eigenvalue weighted by atomic mass is 9.99. The third-order valence-corrected chi connectivity index (χ3v) is 4.99. The van der Waals surface area contributed by atoms with E-state index in [0.717, 1.165) is 30.3 Å². The number of rotatable bonds is 4. The van der Waals surface area contributed by atoms with E-state index in [2.05, 4.69) is 41.8 Å². The molecule has 20 heavy (non-hydrogen) atoms. The number of imidazole rings is 1. The number of hydrogen-bond acceptors (Lipinski definition) is 4. The number of nitrogens with one attached hydrogen (secondary N) is 1. The highest BCUT2D eigenvalue weighted by Crippen LogP contribution is 2.26. The van der Waals surface area contributed by atoms with Crippen molar-refractivity contribution >= 4 is 11.3 Å². The maximum Gasteiger partial charge on any atom is 0.113 e. The van der Waals surface area contributed by atoms with Crippen molar-refractivity contribution in [3.63, 3.8) is 0 Å². The summed E-state index contributed by atoms with van der Waals surface area (Å²) >= 11 is 1.80. The third-order valence-electron chi connectivity index (χ3n) is 3.92.